The molecule has 0 N–H and O–H groups in total. The molecule has 2 aromatic heterocycles. The molecule has 0 unspecified atom stereocenters. The number of hydrogen-bond donors (Lipinski definition) is 0. The first-order valence-electron chi connectivity index (χ1n) is 14.2. The molecule has 3 aromatic carbocycles. The second kappa shape index (κ2) is 12.8. The van der Waals surface area contributed by atoms with Crippen molar-refractivity contribution < 1.29 is 9.53 Å². The molecular weight excluding hydrogens is 564 g/mol. The smallest absolute Gasteiger partial charge is 0.255 e. The third kappa shape index (κ3) is 6.22. The molecule has 6 nitrogen and oxygen atoms in total. The number of rotatable bonds is 9. The summed E-state index contributed by atoms with van der Waals surface area (Å²) in [6, 6.07) is 30.3. The van der Waals surface area contributed by atoms with Crippen molar-refractivity contribution in [2.24, 2.45) is 0 Å². The second-order valence-corrected chi connectivity index (χ2v) is 11.7. The summed E-state index contributed by atoms with van der Waals surface area (Å²) in [4.78, 5) is 23.1. The lowest BCUT2D eigenvalue weighted by Crippen LogP contribution is -2.48. The molecule has 1 saturated heterocycles. The third-order valence-electron chi connectivity index (χ3n) is 7.75. The molecule has 0 radical (unpaired) electrons. The van der Waals surface area contributed by atoms with Gasteiger partial charge < -0.3 is 19.1 Å². The molecule has 1 aliphatic heterocycles. The van der Waals surface area contributed by atoms with Crippen molar-refractivity contribution in [2.75, 3.05) is 31.1 Å². The van der Waals surface area contributed by atoms with Crippen molar-refractivity contribution in [1.82, 2.24) is 14.5 Å². The Bertz CT molecular complexity index is 1640. The van der Waals surface area contributed by atoms with Crippen LogP contribution in [0.1, 0.15) is 26.6 Å². The first-order valence-corrected chi connectivity index (χ1v) is 15.5. The minimum Gasteiger partial charge on any atom is -0.485 e. The summed E-state index contributed by atoms with van der Waals surface area (Å²) in [6.45, 7) is 6.15. The highest BCUT2D eigenvalue weighted by Gasteiger charge is 2.27. The van der Waals surface area contributed by atoms with Gasteiger partial charge in [-0.05, 0) is 49.2 Å². The van der Waals surface area contributed by atoms with Crippen molar-refractivity contribution >= 4 is 34.5 Å². The lowest BCUT2D eigenvalue weighted by Gasteiger charge is -2.36. The monoisotopic (exact) mass is 596 g/mol. The maximum Gasteiger partial charge on any atom is 0.255 e. The van der Waals surface area contributed by atoms with Gasteiger partial charge in [0, 0.05) is 49.5 Å². The Morgan fingerprint density at radius 3 is 2.36 bits per heavy atom. The third-order valence-corrected chi connectivity index (χ3v) is 8.89. The van der Waals surface area contributed by atoms with Gasteiger partial charge in [0.1, 0.15) is 17.4 Å². The van der Waals surface area contributed by atoms with Gasteiger partial charge in [-0.1, -0.05) is 72.3 Å². The number of aromatic nitrogens is 2. The van der Waals surface area contributed by atoms with Crippen molar-refractivity contribution in [3.05, 3.63) is 123 Å². The van der Waals surface area contributed by atoms with Gasteiger partial charge in [-0.2, -0.15) is 0 Å². The number of carbonyl (C=O) groups is 1. The highest BCUT2D eigenvalue weighted by atomic mass is 35.5. The van der Waals surface area contributed by atoms with Gasteiger partial charge in [-0.3, -0.25) is 4.79 Å². The number of piperazine rings is 1. The fraction of sp³-hybridized carbons (Fsp3) is 0.235. The van der Waals surface area contributed by atoms with Crippen LogP contribution in [0.25, 0.3) is 11.4 Å². The van der Waals surface area contributed by atoms with Gasteiger partial charge in [0.05, 0.1) is 22.0 Å². The van der Waals surface area contributed by atoms with Crippen LogP contribution in [-0.2, 0) is 19.6 Å². The summed E-state index contributed by atoms with van der Waals surface area (Å²) < 4.78 is 8.18. The predicted octanol–water partition coefficient (Wildman–Crippen LogP) is 7.36. The molecule has 0 saturated carbocycles. The summed E-state index contributed by atoms with van der Waals surface area (Å²) in [5, 5.41) is 3.47. The van der Waals surface area contributed by atoms with Crippen LogP contribution in [0.3, 0.4) is 0 Å². The molecule has 3 heterocycles. The molecular formula is C34H33ClN4O2S. The highest BCUT2D eigenvalue weighted by Crippen LogP contribution is 2.30. The quantitative estimate of drug-likeness (QED) is 0.178. The number of aryl methyl sites for hydroxylation is 1. The van der Waals surface area contributed by atoms with Crippen LogP contribution >= 0.6 is 22.9 Å². The minimum absolute atomic E-state index is 0.0810. The number of carbonyl (C=O) groups excluding carboxylic acids is 1. The number of ether oxygens (including phenoxy) is 1. The maximum atomic E-state index is 13.9. The van der Waals surface area contributed by atoms with Crippen molar-refractivity contribution in [1.29, 1.82) is 0 Å². The standard InChI is InChI=1S/C34H33ClN4O2S/c1-25-28(34(40)38-20-18-37(19-21-38)27-12-6-3-7-13-27)22-31(39(25)17-16-26-10-4-2-5-11-26)30-24-42-33(36-30)23-41-32-15-9-8-14-29(32)35/h2-15,22,24H,16-21,23H2,1H3. The lowest BCUT2D eigenvalue weighted by atomic mass is 10.1. The molecule has 0 atom stereocenters. The van der Waals surface area contributed by atoms with Crippen molar-refractivity contribution in [3.8, 4) is 17.1 Å². The van der Waals surface area contributed by atoms with E-state index in [1.807, 2.05) is 52.7 Å². The summed E-state index contributed by atoms with van der Waals surface area (Å²) in [7, 11) is 0. The number of para-hydroxylation sites is 2. The van der Waals surface area contributed by atoms with E-state index >= 15 is 0 Å². The first kappa shape index (κ1) is 28.1. The lowest BCUT2D eigenvalue weighted by molar-refractivity contribution is 0.0746. The number of halogens is 1. The van der Waals surface area contributed by atoms with E-state index in [0.29, 0.717) is 30.5 Å². The van der Waals surface area contributed by atoms with Gasteiger partial charge in [0.25, 0.3) is 5.91 Å². The number of anilines is 1. The Balaban J connectivity index is 1.23. The van der Waals surface area contributed by atoms with Crippen LogP contribution in [0.15, 0.2) is 96.4 Å². The van der Waals surface area contributed by atoms with Crippen LogP contribution in [0, 0.1) is 6.92 Å². The Hall–Kier alpha value is -4.07. The van der Waals surface area contributed by atoms with E-state index in [1.165, 1.54) is 11.3 Å². The van der Waals surface area contributed by atoms with E-state index in [4.69, 9.17) is 21.3 Å². The molecule has 1 aliphatic rings. The van der Waals surface area contributed by atoms with Crippen LogP contribution < -0.4 is 9.64 Å². The Labute approximate surface area is 255 Å². The summed E-state index contributed by atoms with van der Waals surface area (Å²) in [6.07, 6.45) is 0.860. The second-order valence-electron chi connectivity index (χ2n) is 10.4. The summed E-state index contributed by atoms with van der Waals surface area (Å²) >= 11 is 7.82. The van der Waals surface area contributed by atoms with Crippen molar-refractivity contribution in [3.63, 3.8) is 0 Å². The zero-order chi connectivity index (χ0) is 28.9. The number of nitrogens with zero attached hydrogens (tertiary/aromatic N) is 4. The fourth-order valence-corrected chi connectivity index (χ4v) is 6.31. The molecule has 8 heteroatoms. The predicted molar refractivity (Wildman–Crippen MR) is 171 cm³/mol. The van der Waals surface area contributed by atoms with E-state index < -0.39 is 0 Å². The average molecular weight is 597 g/mol. The molecule has 0 aliphatic carbocycles. The molecule has 5 aromatic rings. The normalized spacial score (nSPS) is 13.4. The minimum atomic E-state index is 0.0810. The molecule has 6 rings (SSSR count). The largest absolute Gasteiger partial charge is 0.485 e. The number of amides is 1. The van der Waals surface area contributed by atoms with Gasteiger partial charge in [-0.25, -0.2) is 4.98 Å². The van der Waals surface area contributed by atoms with E-state index in [0.717, 1.165) is 53.7 Å². The highest BCUT2D eigenvalue weighted by molar-refractivity contribution is 7.09. The SMILES string of the molecule is Cc1c(C(=O)N2CCN(c3ccccc3)CC2)cc(-c2csc(COc3ccccc3Cl)n2)n1CCc1ccccc1. The zero-order valence-corrected chi connectivity index (χ0v) is 25.2. The van der Waals surface area contributed by atoms with E-state index in [9.17, 15) is 4.79 Å². The molecule has 0 bridgehead atoms. The molecule has 1 fully saturated rings. The molecule has 42 heavy (non-hydrogen) atoms. The Morgan fingerprint density at radius 2 is 1.62 bits per heavy atom. The van der Waals surface area contributed by atoms with E-state index in [2.05, 4.69) is 64.9 Å². The Morgan fingerprint density at radius 1 is 0.929 bits per heavy atom. The van der Waals surface area contributed by atoms with Crippen LogP contribution in [-0.4, -0.2) is 46.5 Å². The molecule has 214 valence electrons. The number of thiazole rings is 1. The maximum absolute atomic E-state index is 13.9. The Kier molecular flexibility index (Phi) is 8.58. The van der Waals surface area contributed by atoms with Gasteiger partial charge in [-0.15, -0.1) is 11.3 Å². The summed E-state index contributed by atoms with van der Waals surface area (Å²) in [5.74, 6) is 0.718. The molecule has 1 amide bonds. The van der Waals surface area contributed by atoms with Gasteiger partial charge in [0.2, 0.25) is 0 Å². The number of hydrogen-bond acceptors (Lipinski definition) is 5. The fourth-order valence-electron chi connectivity index (χ4n) is 5.42. The van der Waals surface area contributed by atoms with E-state index in [-0.39, 0.29) is 5.91 Å². The van der Waals surface area contributed by atoms with Crippen LogP contribution in [0.2, 0.25) is 5.02 Å². The van der Waals surface area contributed by atoms with Crippen LogP contribution in [0.5, 0.6) is 5.75 Å². The van der Waals surface area contributed by atoms with Gasteiger partial charge in [0.15, 0.2) is 0 Å². The average Bonchev–Trinajstić information content (AvgIpc) is 3.64. The molecule has 0 spiro atoms. The van der Waals surface area contributed by atoms with Crippen LogP contribution in [0.4, 0.5) is 5.69 Å². The first-order chi connectivity index (χ1) is 20.6. The van der Waals surface area contributed by atoms with E-state index in [1.54, 1.807) is 11.3 Å². The number of benzene rings is 3. The van der Waals surface area contributed by atoms with Crippen molar-refractivity contribution in [2.45, 2.75) is 26.5 Å². The topological polar surface area (TPSA) is 50.6 Å². The zero-order valence-electron chi connectivity index (χ0n) is 23.6. The van der Waals surface area contributed by atoms with Gasteiger partial charge >= 0.3 is 0 Å². The summed E-state index contributed by atoms with van der Waals surface area (Å²) in [5.41, 5.74) is 5.98.